The molecule has 0 fully saturated rings. The number of nitroso groups, excluding NO2 is 2. The zero-order valence-corrected chi connectivity index (χ0v) is 6.28. The molecule has 10 heteroatoms. The Bertz CT molecular complexity index is 216. The fourth-order valence-electron chi connectivity index (χ4n) is 0.398. The highest BCUT2D eigenvalue weighted by Gasteiger charge is 2.18. The molecule has 0 unspecified atom stereocenters. The molecule has 0 spiro atoms. The van der Waals surface area contributed by atoms with Crippen LogP contribution in [0.2, 0.25) is 0 Å². The largest absolute Gasteiger partial charge is 0.350 e. The summed E-state index contributed by atoms with van der Waals surface area (Å²) in [6.07, 6.45) is 0. The van der Waals surface area contributed by atoms with Gasteiger partial charge in [-0.1, -0.05) is 0 Å². The molecule has 72 valence electrons. The summed E-state index contributed by atoms with van der Waals surface area (Å²) in [6, 6.07) is -2.46. The third kappa shape index (κ3) is 3.09. The van der Waals surface area contributed by atoms with Gasteiger partial charge in [-0.3, -0.25) is 0 Å². The molecular weight excluding hydrogens is 184 g/mol. The number of hydrogen-bond acceptors (Lipinski definition) is 6. The normalized spacial score (nSPS) is 8.62. The Kier molecular flexibility index (Phi) is 3.79. The van der Waals surface area contributed by atoms with Crippen LogP contribution in [0.5, 0.6) is 0 Å². The number of hydrogen-bond donors (Lipinski definition) is 2. The molecule has 10 nitrogen and oxygen atoms in total. The Morgan fingerprint density at radius 3 is 1.46 bits per heavy atom. The lowest BCUT2D eigenvalue weighted by Gasteiger charge is -2.14. The topological polar surface area (TPSA) is 152 Å². The van der Waals surface area contributed by atoms with Crippen LogP contribution in [0.1, 0.15) is 0 Å². The smallest absolute Gasteiger partial charge is 0.339 e. The van der Waals surface area contributed by atoms with Gasteiger partial charge in [-0.15, -0.1) is 9.81 Å². The molecular formula is C3H6N6O4. The van der Waals surface area contributed by atoms with Crippen LogP contribution < -0.4 is 11.5 Å². The molecule has 0 saturated heterocycles. The van der Waals surface area contributed by atoms with E-state index in [1.807, 2.05) is 0 Å². The molecule has 13 heavy (non-hydrogen) atoms. The van der Waals surface area contributed by atoms with Gasteiger partial charge in [0.2, 0.25) is 0 Å². The molecule has 0 aromatic carbocycles. The first-order chi connectivity index (χ1) is 6.02. The van der Waals surface area contributed by atoms with Gasteiger partial charge in [0.1, 0.15) is 0 Å². The third-order valence-corrected chi connectivity index (χ3v) is 0.974. The van der Waals surface area contributed by atoms with E-state index in [0.717, 1.165) is 0 Å². The number of nitrogens with two attached hydrogens (primary N) is 2. The van der Waals surface area contributed by atoms with Crippen LogP contribution in [0, 0.1) is 9.81 Å². The molecule has 0 atom stereocenters. The summed E-state index contributed by atoms with van der Waals surface area (Å²) in [5, 5.41) is 4.44. The van der Waals surface area contributed by atoms with Gasteiger partial charge < -0.3 is 11.5 Å². The van der Waals surface area contributed by atoms with Crippen LogP contribution in [-0.2, 0) is 0 Å². The molecule has 0 radical (unpaired) electrons. The van der Waals surface area contributed by atoms with E-state index < -0.39 is 18.7 Å². The predicted molar refractivity (Wildman–Crippen MR) is 39.3 cm³/mol. The first kappa shape index (κ1) is 10.7. The third-order valence-electron chi connectivity index (χ3n) is 0.974. The van der Waals surface area contributed by atoms with Crippen LogP contribution in [-0.4, -0.2) is 28.7 Å². The predicted octanol–water partition coefficient (Wildman–Crippen LogP) is -0.932. The molecule has 0 aliphatic carbocycles. The quantitative estimate of drug-likeness (QED) is 0.334. The number of carbonyl (C=O) groups excluding carboxylic acids is 2. The summed E-state index contributed by atoms with van der Waals surface area (Å²) < 4.78 is 0. The molecule has 0 bridgehead atoms. The molecule has 0 aromatic rings. The SMILES string of the molecule is NC(=O)N(CN(N=O)C(N)=O)N=O. The van der Waals surface area contributed by atoms with Crippen molar-refractivity contribution in [1.29, 1.82) is 0 Å². The maximum Gasteiger partial charge on any atom is 0.339 e. The summed E-state index contributed by atoms with van der Waals surface area (Å²) >= 11 is 0. The van der Waals surface area contributed by atoms with E-state index in [-0.39, 0.29) is 10.0 Å². The number of carbonyl (C=O) groups is 2. The van der Waals surface area contributed by atoms with Crippen molar-refractivity contribution in [2.45, 2.75) is 0 Å². The van der Waals surface area contributed by atoms with E-state index >= 15 is 0 Å². The molecule has 0 saturated carbocycles. The fraction of sp³-hybridized carbons (Fsp3) is 0.333. The van der Waals surface area contributed by atoms with Gasteiger partial charge in [-0.05, 0) is 0 Å². The minimum Gasteiger partial charge on any atom is -0.350 e. The van der Waals surface area contributed by atoms with Crippen molar-refractivity contribution in [3.63, 3.8) is 0 Å². The standard InChI is InChI=1S/C3H6N6O4/c4-2(10)8(6-12)1-9(7-13)3(5)11/h1H2,(H2,4,10)(H2,5,11). The Morgan fingerprint density at radius 2 is 1.31 bits per heavy atom. The maximum atomic E-state index is 10.3. The number of nitrogens with zero attached hydrogens (tertiary/aromatic N) is 4. The lowest BCUT2D eigenvalue weighted by Crippen LogP contribution is -2.42. The van der Waals surface area contributed by atoms with Gasteiger partial charge in [0.15, 0.2) is 6.67 Å². The van der Waals surface area contributed by atoms with Crippen LogP contribution >= 0.6 is 0 Å². The summed E-state index contributed by atoms with van der Waals surface area (Å²) in [5.41, 5.74) is 9.24. The second-order valence-electron chi connectivity index (χ2n) is 1.78. The van der Waals surface area contributed by atoms with Crippen LogP contribution in [0.25, 0.3) is 0 Å². The first-order valence-corrected chi connectivity index (χ1v) is 2.83. The Hall–Kier alpha value is -2.26. The van der Waals surface area contributed by atoms with E-state index in [1.165, 1.54) is 0 Å². The Morgan fingerprint density at radius 1 is 1.00 bits per heavy atom. The monoisotopic (exact) mass is 190 g/mol. The zero-order chi connectivity index (χ0) is 10.4. The molecule has 4 amide bonds. The van der Waals surface area contributed by atoms with Crippen molar-refractivity contribution >= 4 is 12.1 Å². The van der Waals surface area contributed by atoms with Crippen molar-refractivity contribution in [3.05, 3.63) is 9.81 Å². The zero-order valence-electron chi connectivity index (χ0n) is 6.28. The Balaban J connectivity index is 4.36. The van der Waals surface area contributed by atoms with Crippen molar-refractivity contribution in [2.24, 2.45) is 22.0 Å². The van der Waals surface area contributed by atoms with Gasteiger partial charge in [-0.25, -0.2) is 9.59 Å². The second-order valence-corrected chi connectivity index (χ2v) is 1.78. The fourth-order valence-corrected chi connectivity index (χ4v) is 0.398. The van der Waals surface area contributed by atoms with Crippen LogP contribution in [0.15, 0.2) is 10.6 Å². The van der Waals surface area contributed by atoms with Gasteiger partial charge >= 0.3 is 12.1 Å². The summed E-state index contributed by atoms with van der Waals surface area (Å²) in [6.45, 7) is -0.808. The first-order valence-electron chi connectivity index (χ1n) is 2.83. The average molecular weight is 190 g/mol. The van der Waals surface area contributed by atoms with Crippen molar-refractivity contribution in [2.75, 3.05) is 6.67 Å². The average Bonchev–Trinajstić information content (AvgIpc) is 2.05. The van der Waals surface area contributed by atoms with Gasteiger partial charge in [0, 0.05) is 0 Å². The van der Waals surface area contributed by atoms with Gasteiger partial charge in [0.05, 0.1) is 10.6 Å². The van der Waals surface area contributed by atoms with E-state index in [0.29, 0.717) is 0 Å². The number of urea groups is 2. The Labute approximate surface area is 71.3 Å². The molecule has 0 aliphatic heterocycles. The summed E-state index contributed by atoms with van der Waals surface area (Å²) in [7, 11) is 0. The second kappa shape index (κ2) is 4.58. The van der Waals surface area contributed by atoms with Crippen molar-refractivity contribution < 1.29 is 9.59 Å². The summed E-state index contributed by atoms with van der Waals surface area (Å²) in [5.74, 6) is 0. The van der Waals surface area contributed by atoms with Crippen LogP contribution in [0.4, 0.5) is 9.59 Å². The molecule has 0 aliphatic rings. The number of primary amides is 2. The highest BCUT2D eigenvalue weighted by molar-refractivity contribution is 5.74. The van der Waals surface area contributed by atoms with E-state index in [9.17, 15) is 19.4 Å². The van der Waals surface area contributed by atoms with E-state index in [1.54, 1.807) is 0 Å². The highest BCUT2D eigenvalue weighted by Crippen LogP contribution is 1.94. The number of rotatable bonds is 4. The lowest BCUT2D eigenvalue weighted by atomic mass is 10.8. The van der Waals surface area contributed by atoms with E-state index in [4.69, 9.17) is 0 Å². The maximum absolute atomic E-state index is 10.3. The van der Waals surface area contributed by atoms with Crippen molar-refractivity contribution in [3.8, 4) is 0 Å². The molecule has 0 rings (SSSR count). The minimum absolute atomic E-state index is 0.103. The molecule has 4 N–H and O–H groups in total. The summed E-state index contributed by atoms with van der Waals surface area (Å²) in [4.78, 5) is 40.4. The van der Waals surface area contributed by atoms with Gasteiger partial charge in [-0.2, -0.15) is 10.0 Å². The van der Waals surface area contributed by atoms with E-state index in [2.05, 4.69) is 22.0 Å². The molecule has 0 aromatic heterocycles. The highest BCUT2D eigenvalue weighted by atomic mass is 16.3. The van der Waals surface area contributed by atoms with Crippen LogP contribution in [0.3, 0.4) is 0 Å². The van der Waals surface area contributed by atoms with Gasteiger partial charge in [0.25, 0.3) is 0 Å². The lowest BCUT2D eigenvalue weighted by molar-refractivity contribution is 0.155. The minimum atomic E-state index is -1.23. The number of amides is 4. The van der Waals surface area contributed by atoms with Crippen molar-refractivity contribution in [1.82, 2.24) is 10.0 Å². The molecule has 0 heterocycles.